The van der Waals surface area contributed by atoms with E-state index in [9.17, 15) is 41.1 Å². The summed E-state index contributed by atoms with van der Waals surface area (Å²) in [5, 5.41) is 35.9. The maximum absolute atomic E-state index is 12.4. The Morgan fingerprint density at radius 2 is 1.59 bits per heavy atom. The van der Waals surface area contributed by atoms with Gasteiger partial charge in [0, 0.05) is 75.7 Å². The predicted molar refractivity (Wildman–Crippen MR) is 242 cm³/mol. The van der Waals surface area contributed by atoms with E-state index in [1.807, 2.05) is 67.6 Å². The van der Waals surface area contributed by atoms with Crippen LogP contribution in [0.1, 0.15) is 94.7 Å². The summed E-state index contributed by atoms with van der Waals surface area (Å²) in [7, 11) is -8.78. The van der Waals surface area contributed by atoms with E-state index >= 15 is 0 Å². The van der Waals surface area contributed by atoms with Crippen molar-refractivity contribution in [2.24, 2.45) is 0 Å². The smallest absolute Gasteiger partial charge is 0.303 e. The molecule has 4 N–H and O–H groups in total. The molecule has 3 aromatic carbocycles. The number of nitrogens with zero attached hydrogens (tertiary/aromatic N) is 2. The van der Waals surface area contributed by atoms with Gasteiger partial charge in [0.05, 0.1) is 28.1 Å². The molecule has 0 bridgehead atoms. The van der Waals surface area contributed by atoms with Crippen LogP contribution in [0.15, 0.2) is 113 Å². The summed E-state index contributed by atoms with van der Waals surface area (Å²) in [5.74, 6) is -0.744. The minimum Gasteiger partial charge on any atom is -0.691 e. The van der Waals surface area contributed by atoms with Gasteiger partial charge in [-0.05, 0) is 94.3 Å². The minimum absolute atomic E-state index is 0.0302. The van der Waals surface area contributed by atoms with E-state index in [0.29, 0.717) is 73.5 Å². The van der Waals surface area contributed by atoms with Gasteiger partial charge in [0.25, 0.3) is 20.2 Å². The Morgan fingerprint density at radius 3 is 2.30 bits per heavy atom. The average molecular weight is 963 g/mol. The lowest BCUT2D eigenvalue weighted by atomic mass is 9.75. The molecule has 3 aromatic rings. The second kappa shape index (κ2) is 23.5. The summed E-state index contributed by atoms with van der Waals surface area (Å²) in [6, 6.07) is 20.3. The molecule has 2 aliphatic heterocycles. The van der Waals surface area contributed by atoms with Crippen LogP contribution in [0.3, 0.4) is 0 Å². The molecule has 0 saturated heterocycles. The van der Waals surface area contributed by atoms with E-state index < -0.39 is 42.8 Å². The predicted octanol–water partition coefficient (Wildman–Crippen LogP) is 8.44. The molecule has 0 aromatic heterocycles. The second-order valence-electron chi connectivity index (χ2n) is 16.0. The van der Waals surface area contributed by atoms with Crippen LogP contribution in [0.2, 0.25) is 0 Å². The number of aliphatic carboxylic acids is 1. The van der Waals surface area contributed by atoms with Crippen LogP contribution in [0.25, 0.3) is 0 Å². The fraction of sp³-hybridized carbons (Fsp3) is 0.409. The number of unbranched alkanes of at least 4 members (excludes halogenated alkanes) is 4. The van der Waals surface area contributed by atoms with Crippen LogP contribution in [-0.2, 0) is 61.1 Å². The van der Waals surface area contributed by atoms with Crippen molar-refractivity contribution in [3.63, 3.8) is 0 Å². The molecule has 0 aliphatic carbocycles. The first-order chi connectivity index (χ1) is 30.5. The van der Waals surface area contributed by atoms with Gasteiger partial charge in [-0.1, -0.05) is 72.9 Å². The van der Waals surface area contributed by atoms with Gasteiger partial charge in [-0.15, -0.1) is 4.33 Å². The molecule has 64 heavy (non-hydrogen) atoms. The molecule has 2 heterocycles. The molecule has 348 valence electrons. The Hall–Kier alpha value is -3.90. The Bertz CT molecular complexity index is 2430. The highest BCUT2D eigenvalue weighted by Crippen LogP contribution is 2.52. The molecule has 2 aliphatic rings. The number of anilines is 1. The first kappa shape index (κ1) is 51.1. The lowest BCUT2D eigenvalue weighted by molar-refractivity contribution is -0.777. The number of carboxylic acid groups (broad SMARTS) is 1. The third kappa shape index (κ3) is 13.6. The highest BCUT2D eigenvalue weighted by molar-refractivity contribution is 7.94. The average Bonchev–Trinajstić information content (AvgIpc) is 3.61. The monoisotopic (exact) mass is 962 g/mol. The third-order valence-electron chi connectivity index (χ3n) is 11.6. The van der Waals surface area contributed by atoms with Gasteiger partial charge in [-0.2, -0.15) is 25.7 Å². The molecule has 20 heteroatoms. The van der Waals surface area contributed by atoms with Crippen molar-refractivity contribution >= 4 is 67.4 Å². The molecule has 16 nitrogen and oxygen atoms in total. The van der Waals surface area contributed by atoms with Crippen LogP contribution < -0.4 is 10.2 Å². The van der Waals surface area contributed by atoms with Crippen molar-refractivity contribution < 1.29 is 69.7 Å². The molecule has 5 rings (SSSR count). The molecule has 0 spiro atoms. The molecule has 0 radical (unpaired) electrons. The third-order valence-corrected chi connectivity index (χ3v) is 14.5. The molecule has 2 unspecified atom stereocenters. The summed E-state index contributed by atoms with van der Waals surface area (Å²) in [6.07, 6.45) is 14.6. The van der Waals surface area contributed by atoms with Crippen molar-refractivity contribution in [2.75, 3.05) is 23.0 Å². The largest absolute Gasteiger partial charge is 0.691 e. The Balaban J connectivity index is 1.56. The van der Waals surface area contributed by atoms with Crippen molar-refractivity contribution in [1.29, 1.82) is 0 Å². The first-order valence-corrected chi connectivity index (χ1v) is 25.4. The topological polar surface area (TPSA) is 232 Å². The van der Waals surface area contributed by atoms with Gasteiger partial charge < -0.3 is 15.3 Å². The van der Waals surface area contributed by atoms with Crippen molar-refractivity contribution in [2.45, 2.75) is 105 Å². The maximum atomic E-state index is 12.4. The molecular weight excluding hydrogens is 909 g/mol. The van der Waals surface area contributed by atoms with Crippen molar-refractivity contribution in [3.8, 4) is 0 Å². The summed E-state index contributed by atoms with van der Waals surface area (Å²) in [6.45, 7) is 5.14. The van der Waals surface area contributed by atoms with Gasteiger partial charge >= 0.3 is 5.97 Å². The van der Waals surface area contributed by atoms with E-state index in [2.05, 4.69) is 53.4 Å². The van der Waals surface area contributed by atoms with E-state index in [4.69, 9.17) is 5.26 Å². The summed E-state index contributed by atoms with van der Waals surface area (Å²) in [4.78, 5) is 13.7. The maximum Gasteiger partial charge on any atom is 0.303 e. The summed E-state index contributed by atoms with van der Waals surface area (Å²) in [5.41, 5.74) is 4.83. The van der Waals surface area contributed by atoms with E-state index in [1.165, 1.54) is 12.1 Å². The zero-order valence-corrected chi connectivity index (χ0v) is 38.8. The van der Waals surface area contributed by atoms with Crippen molar-refractivity contribution in [1.82, 2.24) is 0 Å². The normalized spacial score (nSPS) is 19.4. The zero-order chi connectivity index (χ0) is 46.4. The molecule has 2 atom stereocenters. The van der Waals surface area contributed by atoms with Crippen LogP contribution >= 0.6 is 24.1 Å². The lowest BCUT2D eigenvalue weighted by Gasteiger charge is -2.30. The van der Waals surface area contributed by atoms with Gasteiger partial charge in [-0.25, -0.2) is 5.26 Å². The van der Waals surface area contributed by atoms with Gasteiger partial charge in [0.15, 0.2) is 12.3 Å². The van der Waals surface area contributed by atoms with Crippen LogP contribution in [-0.4, -0.2) is 70.6 Å². The van der Waals surface area contributed by atoms with E-state index in [-0.39, 0.29) is 17.7 Å². The number of hydrogen-bond donors (Lipinski definition) is 4. The van der Waals surface area contributed by atoms with Gasteiger partial charge in [0.2, 0.25) is 5.69 Å². The van der Waals surface area contributed by atoms with E-state index in [1.54, 1.807) is 6.07 Å². The number of fused-ring (bicyclic) bond motifs is 2. The minimum atomic E-state index is -4.57. The first-order valence-electron chi connectivity index (χ1n) is 20.7. The quantitative estimate of drug-likeness (QED) is 0.0107. The Morgan fingerprint density at radius 1 is 0.844 bits per heavy atom. The van der Waals surface area contributed by atoms with Crippen molar-refractivity contribution in [3.05, 3.63) is 119 Å². The highest BCUT2D eigenvalue weighted by atomic mass is 32.2. The van der Waals surface area contributed by atoms with Gasteiger partial charge in [-0.3, -0.25) is 18.9 Å². The van der Waals surface area contributed by atoms with E-state index in [0.717, 1.165) is 65.2 Å². The van der Waals surface area contributed by atoms with Crippen LogP contribution in [0.5, 0.6) is 0 Å². The Labute approximate surface area is 382 Å². The van der Waals surface area contributed by atoms with Crippen LogP contribution in [0, 0.1) is 0 Å². The fourth-order valence-corrected chi connectivity index (χ4v) is 10.5. The number of rotatable bonds is 27. The summed E-state index contributed by atoms with van der Waals surface area (Å²) >= 11 is 1.81. The molecule has 0 amide bonds. The highest BCUT2D eigenvalue weighted by Gasteiger charge is 2.48. The lowest BCUT2D eigenvalue weighted by Crippen LogP contribution is -2.31. The zero-order valence-electron chi connectivity index (χ0n) is 35.5. The fourth-order valence-electron chi connectivity index (χ4n) is 8.57. The SMILES string of the molecule is CC1(CCCCSOOO)C(/C=C/C=C/C=C2/N(CCCCCC(=O)O)c3ccc(S(=O)(=O)O)cc3C2(C)CCCCS(=O)(=O)O)=[N+](Cc2ccccc2)c2ccc(SOO[O-])cc21. The van der Waals surface area contributed by atoms with Crippen LogP contribution in [0.4, 0.5) is 11.4 Å². The number of carboxylic acids is 1. The summed E-state index contributed by atoms with van der Waals surface area (Å²) < 4.78 is 78.9. The molecule has 0 saturated carbocycles. The Kier molecular flexibility index (Phi) is 18.8. The molecule has 0 fully saturated rings. The second-order valence-corrected chi connectivity index (χ2v) is 20.5. The number of carbonyl (C=O) groups is 1. The number of hydrogen-bond acceptors (Lipinski definition) is 14. The number of allylic oxidation sites excluding steroid dienone is 6. The number of benzene rings is 3. The van der Waals surface area contributed by atoms with Gasteiger partial charge in [0.1, 0.15) is 0 Å². The molecular formula is C44H54N2O14S4. The standard InChI is InChI=1S/C44H54N2O14S4/c1-43(25-11-14-28-61-59-57-49)36-30-34(62-60-58-50)21-23-39(36)46(32-33-16-6-3-7-17-33)41(43)19-9-4-8-18-40-44(2,26-12-15-29-63(51,52)53)37-31-35(64(54,55)56)22-24-38(37)45(40)27-13-5-10-20-42(47)48/h3-4,6-9,16-19,21-24,30-31H,5,10-15,20,25-29,32H2,1-2H3,(H4-,47,48,49,50,51,52,53,54,55,56).